The van der Waals surface area contributed by atoms with Gasteiger partial charge in [-0.1, -0.05) is 441 Å². The van der Waals surface area contributed by atoms with Gasteiger partial charge in [0, 0.05) is 52.7 Å². The third-order valence-corrected chi connectivity index (χ3v) is 35.1. The van der Waals surface area contributed by atoms with Gasteiger partial charge in [-0.3, -0.25) is 0 Å². The zero-order chi connectivity index (χ0) is 96.6. The Balaban J connectivity index is 0.000000107. The summed E-state index contributed by atoms with van der Waals surface area (Å²) in [5.74, 6) is 0. The van der Waals surface area contributed by atoms with Gasteiger partial charge in [0.15, 0.2) is 0 Å². The summed E-state index contributed by atoms with van der Waals surface area (Å²) in [5, 5.41) is 12.8. The van der Waals surface area contributed by atoms with E-state index in [1.807, 2.05) is 11.3 Å². The van der Waals surface area contributed by atoms with E-state index in [9.17, 15) is 0 Å². The van der Waals surface area contributed by atoms with Gasteiger partial charge in [-0.15, -0.1) is 11.3 Å². The Labute approximate surface area is 843 Å². The quantitative estimate of drug-likeness (QED) is 0.142. The van der Waals surface area contributed by atoms with Crippen LogP contribution in [0.3, 0.4) is 0 Å². The molecular weight excluding hydrogens is 1740 g/mol. The molecule has 1 heterocycles. The van der Waals surface area contributed by atoms with Gasteiger partial charge in [0.25, 0.3) is 0 Å². The lowest BCUT2D eigenvalue weighted by atomic mass is 9.77. The first-order valence-corrected chi connectivity index (χ1v) is 51.8. The fraction of sp³-hybridized carbons (Fsp3) is 0.127. The second-order valence-electron chi connectivity index (χ2n) is 44.1. The fourth-order valence-corrected chi connectivity index (χ4v) is 27.5. The monoisotopic (exact) mass is 1840 g/mol. The Morgan fingerprint density at radius 2 is 0.392 bits per heavy atom. The number of hydrogen-bond acceptors (Lipinski definition) is 1. The molecule has 0 spiro atoms. The van der Waals surface area contributed by atoms with E-state index >= 15 is 0 Å². The van der Waals surface area contributed by atoms with Crippen LogP contribution in [0.15, 0.2) is 437 Å². The van der Waals surface area contributed by atoms with Crippen molar-refractivity contribution >= 4 is 74.6 Å². The first-order valence-electron chi connectivity index (χ1n) is 51.0. The van der Waals surface area contributed by atoms with Gasteiger partial charge in [0.1, 0.15) is 0 Å². The summed E-state index contributed by atoms with van der Waals surface area (Å²) in [6, 6.07) is 164. The molecule has 23 aromatic rings. The lowest BCUT2D eigenvalue weighted by Crippen LogP contribution is -2.18. The Bertz CT molecular complexity index is 9400. The van der Waals surface area contributed by atoms with Gasteiger partial charge >= 0.3 is 0 Å². The zero-order valence-electron chi connectivity index (χ0n) is 83.0. The number of hydrogen-bond donors (Lipinski definition) is 0. The topological polar surface area (TPSA) is 0 Å². The molecule has 0 N–H and O–H groups in total. The maximum absolute atomic E-state index is 2.47. The van der Waals surface area contributed by atoms with E-state index in [0.29, 0.717) is 0 Å². The lowest BCUT2D eigenvalue weighted by molar-refractivity contribution is 0.647. The number of benzene rings is 22. The van der Waals surface area contributed by atoms with Crippen molar-refractivity contribution in [3.05, 3.63) is 504 Å². The van der Waals surface area contributed by atoms with E-state index in [1.54, 1.807) is 0 Å². The molecule has 0 nitrogen and oxygen atoms in total. The molecule has 0 atom stereocenters. The molecule has 1 heteroatoms. The highest BCUT2D eigenvalue weighted by atomic mass is 32.1. The normalized spacial score (nSPS) is 14.9. The average molecular weight is 1850 g/mol. The molecule has 29 rings (SSSR count). The highest BCUT2D eigenvalue weighted by Gasteiger charge is 2.48. The largest absolute Gasteiger partial charge is 0.135 e. The van der Waals surface area contributed by atoms with E-state index in [0.717, 1.165) is 0 Å². The second kappa shape index (κ2) is 31.8. The van der Waals surface area contributed by atoms with Crippen LogP contribution < -0.4 is 0 Å². The minimum absolute atomic E-state index is 0.000305. The zero-order valence-corrected chi connectivity index (χ0v) is 83.8. The third kappa shape index (κ3) is 13.3. The molecule has 0 aliphatic heterocycles. The molecule has 0 fully saturated rings. The van der Waals surface area contributed by atoms with E-state index in [-0.39, 0.29) is 32.5 Å². The van der Waals surface area contributed by atoms with E-state index in [4.69, 9.17) is 0 Å². The van der Waals surface area contributed by atoms with Gasteiger partial charge in [0.2, 0.25) is 0 Å². The molecular formula is C142H108S. The molecule has 6 aliphatic rings. The van der Waals surface area contributed by atoms with Gasteiger partial charge in [0.05, 0.1) is 0 Å². The van der Waals surface area contributed by atoms with Gasteiger partial charge in [-0.05, 0) is 344 Å². The lowest BCUT2D eigenvalue weighted by Gasteiger charge is -2.26. The number of fused-ring (bicyclic) bond motifs is 28. The smallest absolute Gasteiger partial charge is 0.0433 e. The van der Waals surface area contributed by atoms with Crippen LogP contribution in [0.25, 0.3) is 219 Å². The maximum atomic E-state index is 2.47. The third-order valence-electron chi connectivity index (χ3n) is 33.9. The molecule has 6 aliphatic carbocycles. The molecule has 0 radical (unpaired) electrons. The van der Waals surface area contributed by atoms with Crippen LogP contribution in [0.2, 0.25) is 0 Å². The van der Waals surface area contributed by atoms with Crippen molar-refractivity contribution in [2.45, 2.75) is 116 Å². The van der Waals surface area contributed by atoms with Crippen LogP contribution in [0, 0.1) is 0 Å². The van der Waals surface area contributed by atoms with Crippen LogP contribution in [0.1, 0.15) is 150 Å². The maximum Gasteiger partial charge on any atom is 0.0433 e. The summed E-state index contributed by atoms with van der Waals surface area (Å²) < 4.78 is 2.71. The summed E-state index contributed by atoms with van der Waals surface area (Å²) >= 11 is 1.90. The summed E-state index contributed by atoms with van der Waals surface area (Å²) in [4.78, 5) is 0. The van der Waals surface area contributed by atoms with Gasteiger partial charge in [-0.2, -0.15) is 0 Å². The van der Waals surface area contributed by atoms with Crippen molar-refractivity contribution in [2.24, 2.45) is 0 Å². The standard InChI is InChI=1S/2C50H38.C42H32S/c1-49(2)44-15-8-7-14-43(44)47-45(49)25-24-42-41-23-22-40(30-46(41)50(3,4)48(42)47)34-13-9-12-33(27-34)35-18-19-39-29-38(21-20-37(39)28-35)36-17-16-31-10-5-6-11-32(31)26-36;1-49(2)43-15-8-7-14-41(43)47-44(49)24-25-45-48(47)42-23-22-40(30-46(42)50(45,3)4)34-13-9-12-33(27-34)35-18-19-39-29-38(21-20-37(39)28-35)36-17-16-31-10-5-6-11-32(31)26-36;1-41(2)34-17-7-5-14-33(34)38-35(41)22-21-31-29-20-19-26(24-36(29)42(3,4)39(31)38)25-11-9-12-27(23-25)28-15-10-16-32-30-13-6-8-18-37(30)43-40(28)32/h2*5-30H,1-4H3;5-24H,1-4H3. The van der Waals surface area contributed by atoms with E-state index in [1.165, 1.54) is 286 Å². The molecule has 143 heavy (non-hydrogen) atoms. The van der Waals surface area contributed by atoms with Crippen LogP contribution in [0.4, 0.5) is 0 Å². The first-order chi connectivity index (χ1) is 69.4. The average Bonchev–Trinajstić information content (AvgIpc) is 1.54. The SMILES string of the molecule is CC1(C)c2ccccc2-c2c1ccc1c2-c2ccc(-c3cccc(-c4ccc5cc(-c6ccc7ccccc7c6)ccc5c4)c3)cc2C1(C)C.CC1(C)c2ccccc2-c2c1ccc1c2C(C)(C)c2cc(-c3cccc(-c4ccc5cc(-c6ccc7ccccc7c6)ccc5c4)c3)ccc2-1.CC1(C)c2ccccc2-c2c1ccc1c2C(C)(C)c2cc(-c3cccc(-c4cccc5c4sc4ccccc45)c3)ccc2-1. The Morgan fingerprint density at radius 1 is 0.140 bits per heavy atom. The molecule has 0 bridgehead atoms. The van der Waals surface area contributed by atoms with Crippen molar-refractivity contribution in [1.29, 1.82) is 0 Å². The predicted molar refractivity (Wildman–Crippen MR) is 611 cm³/mol. The van der Waals surface area contributed by atoms with Gasteiger partial charge in [-0.25, -0.2) is 0 Å². The minimum atomic E-state index is -0.110. The fourth-order valence-electron chi connectivity index (χ4n) is 26.3. The summed E-state index contributed by atoms with van der Waals surface area (Å²) in [5.41, 5.74) is 54.0. The van der Waals surface area contributed by atoms with Crippen molar-refractivity contribution < 1.29 is 0 Å². The molecule has 0 saturated heterocycles. The number of rotatable bonds is 8. The highest BCUT2D eigenvalue weighted by Crippen LogP contribution is 2.64. The first kappa shape index (κ1) is 86.2. The Kier molecular flexibility index (Phi) is 19.2. The van der Waals surface area contributed by atoms with E-state index < -0.39 is 0 Å². The van der Waals surface area contributed by atoms with Gasteiger partial charge < -0.3 is 0 Å². The molecule has 0 amide bonds. The Hall–Kier alpha value is -15.9. The summed E-state index contributed by atoms with van der Waals surface area (Å²) in [7, 11) is 0. The highest BCUT2D eigenvalue weighted by molar-refractivity contribution is 7.26. The Morgan fingerprint density at radius 3 is 0.804 bits per heavy atom. The van der Waals surface area contributed by atoms with Crippen molar-refractivity contribution in [3.8, 4) is 156 Å². The van der Waals surface area contributed by atoms with Crippen LogP contribution in [-0.4, -0.2) is 0 Å². The molecule has 1 aromatic heterocycles. The number of thiophene rings is 1. The second-order valence-corrected chi connectivity index (χ2v) is 45.2. The van der Waals surface area contributed by atoms with Crippen LogP contribution in [0.5, 0.6) is 0 Å². The molecule has 0 unspecified atom stereocenters. The summed E-state index contributed by atoms with van der Waals surface area (Å²) in [6.07, 6.45) is 0. The van der Waals surface area contributed by atoms with Crippen molar-refractivity contribution in [2.75, 3.05) is 0 Å². The predicted octanol–water partition coefficient (Wildman–Crippen LogP) is 39.2. The molecule has 22 aromatic carbocycles. The molecule has 682 valence electrons. The minimum Gasteiger partial charge on any atom is -0.135 e. The van der Waals surface area contributed by atoms with Crippen LogP contribution in [-0.2, 0) is 32.5 Å². The van der Waals surface area contributed by atoms with E-state index in [2.05, 4.69) is 520 Å². The summed E-state index contributed by atoms with van der Waals surface area (Å²) in [6.45, 7) is 28.8. The molecule has 0 saturated carbocycles. The van der Waals surface area contributed by atoms with Crippen molar-refractivity contribution in [1.82, 2.24) is 0 Å². The van der Waals surface area contributed by atoms with Crippen LogP contribution >= 0.6 is 11.3 Å². The van der Waals surface area contributed by atoms with Crippen molar-refractivity contribution in [3.63, 3.8) is 0 Å².